The second-order valence-corrected chi connectivity index (χ2v) is 5.32. The molecule has 0 aliphatic rings. The molecule has 0 aliphatic carbocycles. The highest BCUT2D eigenvalue weighted by Crippen LogP contribution is 2.29. The lowest BCUT2D eigenvalue weighted by molar-refractivity contribution is 0.584. The predicted molar refractivity (Wildman–Crippen MR) is 73.0 cm³/mol. The van der Waals surface area contributed by atoms with Crippen LogP contribution in [-0.2, 0) is 6.42 Å². The Balaban J connectivity index is 3.18. The largest absolute Gasteiger partial charge is 0.398 e. The number of nitrogen functional groups attached to an aromatic ring is 1. The van der Waals surface area contributed by atoms with E-state index in [0.29, 0.717) is 0 Å². The van der Waals surface area contributed by atoms with E-state index in [1.807, 2.05) is 0 Å². The van der Waals surface area contributed by atoms with Gasteiger partial charge in [-0.05, 0) is 74.3 Å². The van der Waals surface area contributed by atoms with Gasteiger partial charge in [0.15, 0.2) is 0 Å². The summed E-state index contributed by atoms with van der Waals surface area (Å²) >= 11 is 0. The van der Waals surface area contributed by atoms with Gasteiger partial charge in [0.05, 0.1) is 0 Å². The normalized spacial score (nSPS) is 11.2. The van der Waals surface area contributed by atoms with Crippen LogP contribution in [0.3, 0.4) is 0 Å². The van der Waals surface area contributed by atoms with Crippen molar-refractivity contribution in [1.82, 2.24) is 0 Å². The van der Waals surface area contributed by atoms with E-state index in [9.17, 15) is 0 Å². The number of hydrogen-bond acceptors (Lipinski definition) is 1. The fraction of sp³-hybridized carbons (Fsp3) is 0.600. The van der Waals surface area contributed by atoms with Crippen LogP contribution in [0.1, 0.15) is 48.1 Å². The smallest absolute Gasteiger partial charge is 0.0379 e. The van der Waals surface area contributed by atoms with Gasteiger partial charge in [0.25, 0.3) is 0 Å². The zero-order valence-electron chi connectivity index (χ0n) is 11.6. The molecular formula is C15H25N. The first-order valence-electron chi connectivity index (χ1n) is 6.21. The summed E-state index contributed by atoms with van der Waals surface area (Å²) < 4.78 is 0. The molecule has 1 aromatic carbocycles. The van der Waals surface area contributed by atoms with E-state index < -0.39 is 0 Å². The van der Waals surface area contributed by atoms with Crippen LogP contribution in [0, 0.1) is 33.6 Å². The van der Waals surface area contributed by atoms with Crippen molar-refractivity contribution in [2.75, 3.05) is 5.73 Å². The van der Waals surface area contributed by atoms with Gasteiger partial charge in [-0.25, -0.2) is 0 Å². The van der Waals surface area contributed by atoms with Gasteiger partial charge in [0, 0.05) is 5.69 Å². The van der Waals surface area contributed by atoms with Crippen LogP contribution in [0.2, 0.25) is 0 Å². The minimum Gasteiger partial charge on any atom is -0.398 e. The van der Waals surface area contributed by atoms with Gasteiger partial charge in [0.2, 0.25) is 0 Å². The molecule has 0 amide bonds. The van der Waals surface area contributed by atoms with E-state index in [-0.39, 0.29) is 0 Å². The average Bonchev–Trinajstić information content (AvgIpc) is 2.23. The lowest BCUT2D eigenvalue weighted by Crippen LogP contribution is -2.06. The highest BCUT2D eigenvalue weighted by molar-refractivity contribution is 5.62. The summed E-state index contributed by atoms with van der Waals surface area (Å²) in [5.74, 6) is 0.752. The van der Waals surface area contributed by atoms with E-state index in [1.54, 1.807) is 0 Å². The first-order chi connectivity index (χ1) is 7.36. The minimum atomic E-state index is 0.752. The van der Waals surface area contributed by atoms with Crippen molar-refractivity contribution in [1.29, 1.82) is 0 Å². The molecule has 0 radical (unpaired) electrons. The summed E-state index contributed by atoms with van der Waals surface area (Å²) in [6.45, 7) is 13.2. The van der Waals surface area contributed by atoms with Gasteiger partial charge in [0.1, 0.15) is 0 Å². The van der Waals surface area contributed by atoms with Crippen molar-refractivity contribution in [3.8, 4) is 0 Å². The van der Waals surface area contributed by atoms with Crippen molar-refractivity contribution in [2.24, 2.45) is 5.92 Å². The molecule has 16 heavy (non-hydrogen) atoms. The summed E-state index contributed by atoms with van der Waals surface area (Å²) in [4.78, 5) is 0. The summed E-state index contributed by atoms with van der Waals surface area (Å²) in [5.41, 5.74) is 14.0. The standard InChI is InChI=1S/C15H25N/c1-9(2)7-8-14-11(4)10(3)12(5)15(16)13(14)6/h9H,7-8,16H2,1-6H3. The predicted octanol–water partition coefficient (Wildman–Crippen LogP) is 4.09. The van der Waals surface area contributed by atoms with E-state index in [4.69, 9.17) is 5.73 Å². The maximum atomic E-state index is 6.16. The van der Waals surface area contributed by atoms with E-state index in [2.05, 4.69) is 41.5 Å². The van der Waals surface area contributed by atoms with Crippen molar-refractivity contribution < 1.29 is 0 Å². The van der Waals surface area contributed by atoms with Gasteiger partial charge in [-0.3, -0.25) is 0 Å². The van der Waals surface area contributed by atoms with Gasteiger partial charge in [-0.15, -0.1) is 0 Å². The molecule has 0 aromatic heterocycles. The van der Waals surface area contributed by atoms with Crippen LogP contribution in [0.15, 0.2) is 0 Å². The Morgan fingerprint density at radius 1 is 0.875 bits per heavy atom. The van der Waals surface area contributed by atoms with Crippen LogP contribution in [-0.4, -0.2) is 0 Å². The van der Waals surface area contributed by atoms with Crippen LogP contribution in [0.4, 0.5) is 5.69 Å². The third kappa shape index (κ3) is 2.40. The molecular weight excluding hydrogens is 194 g/mol. The second-order valence-electron chi connectivity index (χ2n) is 5.32. The first-order valence-corrected chi connectivity index (χ1v) is 6.21. The quantitative estimate of drug-likeness (QED) is 0.761. The van der Waals surface area contributed by atoms with Crippen molar-refractivity contribution >= 4 is 5.69 Å². The zero-order chi connectivity index (χ0) is 12.5. The minimum absolute atomic E-state index is 0.752. The molecule has 1 heteroatoms. The highest BCUT2D eigenvalue weighted by Gasteiger charge is 2.12. The number of hydrogen-bond donors (Lipinski definition) is 1. The molecule has 1 rings (SSSR count). The number of nitrogens with two attached hydrogens (primary N) is 1. The molecule has 0 fully saturated rings. The van der Waals surface area contributed by atoms with Crippen molar-refractivity contribution in [3.05, 3.63) is 27.8 Å². The second kappa shape index (κ2) is 4.90. The lowest BCUT2D eigenvalue weighted by Gasteiger charge is -2.18. The molecule has 0 saturated heterocycles. The fourth-order valence-corrected chi connectivity index (χ4v) is 2.24. The Labute approximate surface area is 100 Å². The van der Waals surface area contributed by atoms with Crippen LogP contribution >= 0.6 is 0 Å². The topological polar surface area (TPSA) is 26.0 Å². The summed E-state index contributed by atoms with van der Waals surface area (Å²) in [5, 5.41) is 0. The first kappa shape index (κ1) is 13.1. The molecule has 0 bridgehead atoms. The Morgan fingerprint density at radius 2 is 1.44 bits per heavy atom. The maximum Gasteiger partial charge on any atom is 0.0379 e. The summed E-state index contributed by atoms with van der Waals surface area (Å²) in [7, 11) is 0. The lowest BCUT2D eigenvalue weighted by atomic mass is 9.88. The van der Waals surface area contributed by atoms with E-state index >= 15 is 0 Å². The fourth-order valence-electron chi connectivity index (χ4n) is 2.24. The highest BCUT2D eigenvalue weighted by atomic mass is 14.6. The molecule has 1 aromatic rings. The average molecular weight is 219 g/mol. The molecule has 1 nitrogen and oxygen atoms in total. The van der Waals surface area contributed by atoms with Gasteiger partial charge < -0.3 is 5.73 Å². The monoisotopic (exact) mass is 219 g/mol. The Bertz CT molecular complexity index is 360. The molecule has 0 heterocycles. The number of anilines is 1. The van der Waals surface area contributed by atoms with Gasteiger partial charge in [-0.1, -0.05) is 13.8 Å². The van der Waals surface area contributed by atoms with E-state index in [1.165, 1.54) is 34.2 Å². The molecule has 0 atom stereocenters. The van der Waals surface area contributed by atoms with Crippen LogP contribution in [0.25, 0.3) is 0 Å². The molecule has 0 unspecified atom stereocenters. The molecule has 0 spiro atoms. The van der Waals surface area contributed by atoms with Crippen LogP contribution < -0.4 is 5.73 Å². The third-order valence-electron chi connectivity index (χ3n) is 3.81. The molecule has 0 aliphatic heterocycles. The summed E-state index contributed by atoms with van der Waals surface area (Å²) in [6.07, 6.45) is 2.39. The van der Waals surface area contributed by atoms with Gasteiger partial charge in [-0.2, -0.15) is 0 Å². The van der Waals surface area contributed by atoms with Crippen molar-refractivity contribution in [2.45, 2.75) is 54.4 Å². The number of benzene rings is 1. The Hall–Kier alpha value is -0.980. The van der Waals surface area contributed by atoms with Gasteiger partial charge >= 0.3 is 0 Å². The molecule has 90 valence electrons. The Morgan fingerprint density at radius 3 is 1.94 bits per heavy atom. The van der Waals surface area contributed by atoms with Crippen molar-refractivity contribution in [3.63, 3.8) is 0 Å². The maximum absolute atomic E-state index is 6.16. The van der Waals surface area contributed by atoms with E-state index in [0.717, 1.165) is 18.0 Å². The third-order valence-corrected chi connectivity index (χ3v) is 3.81. The summed E-state index contributed by atoms with van der Waals surface area (Å²) in [6, 6.07) is 0. The molecule has 0 saturated carbocycles. The van der Waals surface area contributed by atoms with Crippen LogP contribution in [0.5, 0.6) is 0 Å². The Kier molecular flexibility index (Phi) is 4.01. The molecule has 2 N–H and O–H groups in total. The zero-order valence-corrected chi connectivity index (χ0v) is 11.6. The number of rotatable bonds is 3. The SMILES string of the molecule is Cc1c(C)c(N)c(C)c(CCC(C)C)c1C.